The molecule has 3 heterocycles. The first-order chi connectivity index (χ1) is 20.6. The molecular weight excluding hydrogens is 644 g/mol. The Labute approximate surface area is 248 Å². The van der Waals surface area contributed by atoms with Crippen molar-refractivity contribution >= 4 is 37.4 Å². The molecule has 0 spiro atoms. The summed E-state index contributed by atoms with van der Waals surface area (Å²) >= 11 is 1.17. The van der Waals surface area contributed by atoms with Crippen molar-refractivity contribution in [1.29, 1.82) is 0 Å². The van der Waals surface area contributed by atoms with Gasteiger partial charge in [-0.25, -0.2) is 8.42 Å². The molecule has 1 aliphatic heterocycles. The van der Waals surface area contributed by atoms with Gasteiger partial charge in [-0.15, -0.1) is 41.6 Å². The smallest absolute Gasteiger partial charge is 0.406 e. The predicted molar refractivity (Wildman–Crippen MR) is 141 cm³/mol. The molecule has 0 unspecified atom stereocenters. The van der Waals surface area contributed by atoms with Gasteiger partial charge in [0.1, 0.15) is 17.5 Å². The topological polar surface area (TPSA) is 131 Å². The van der Waals surface area contributed by atoms with E-state index in [1.54, 1.807) is 11.8 Å². The molecule has 5 rings (SSSR count). The minimum Gasteiger partial charge on any atom is -0.406 e. The third kappa shape index (κ3) is 7.13. The summed E-state index contributed by atoms with van der Waals surface area (Å²) in [5.74, 6) is -1.30. The van der Waals surface area contributed by atoms with E-state index in [0.717, 1.165) is 40.7 Å². The first kappa shape index (κ1) is 31.3. The van der Waals surface area contributed by atoms with Crippen LogP contribution in [0.4, 0.5) is 31.5 Å². The molecule has 12 nitrogen and oxygen atoms in total. The van der Waals surface area contributed by atoms with Gasteiger partial charge in [0.05, 0.1) is 4.90 Å². The van der Waals surface area contributed by atoms with Crippen molar-refractivity contribution in [3.05, 3.63) is 59.9 Å². The van der Waals surface area contributed by atoms with Gasteiger partial charge in [0.15, 0.2) is 5.82 Å². The molecule has 4 aromatic rings. The molecule has 1 amide bonds. The highest BCUT2D eigenvalue weighted by atomic mass is 32.2. The van der Waals surface area contributed by atoms with E-state index in [1.807, 2.05) is 0 Å². The minimum absolute atomic E-state index is 0.113. The lowest BCUT2D eigenvalue weighted by Gasteiger charge is -2.39. The molecule has 44 heavy (non-hydrogen) atoms. The van der Waals surface area contributed by atoms with Gasteiger partial charge in [-0.3, -0.25) is 4.79 Å². The van der Waals surface area contributed by atoms with E-state index in [4.69, 9.17) is 0 Å². The normalized spacial score (nSPS) is 16.7. The van der Waals surface area contributed by atoms with Gasteiger partial charge in [0.25, 0.3) is 0 Å². The van der Waals surface area contributed by atoms with Crippen molar-refractivity contribution in [3.63, 3.8) is 0 Å². The van der Waals surface area contributed by atoms with Crippen molar-refractivity contribution < 1.29 is 49.0 Å². The van der Waals surface area contributed by atoms with Crippen molar-refractivity contribution in [3.8, 4) is 11.5 Å². The lowest BCUT2D eigenvalue weighted by Crippen LogP contribution is -2.60. The molecule has 1 fully saturated rings. The van der Waals surface area contributed by atoms with Gasteiger partial charge in [0.2, 0.25) is 26.0 Å². The molecular formula is C24H21F6N7O5S2. The van der Waals surface area contributed by atoms with Crippen molar-refractivity contribution in [2.45, 2.75) is 37.1 Å². The van der Waals surface area contributed by atoms with Crippen molar-refractivity contribution in [1.82, 2.24) is 29.4 Å². The van der Waals surface area contributed by atoms with Gasteiger partial charge >= 0.3 is 12.7 Å². The number of anilines is 1. The van der Waals surface area contributed by atoms with Crippen LogP contribution < -0.4 is 19.7 Å². The number of sulfonamides is 1. The van der Waals surface area contributed by atoms with E-state index in [1.165, 1.54) is 28.0 Å². The summed E-state index contributed by atoms with van der Waals surface area (Å²) in [5.41, 5.74) is 0.402. The van der Waals surface area contributed by atoms with E-state index < -0.39 is 46.2 Å². The number of fused-ring (bicyclic) bond motifs is 1. The predicted octanol–water partition coefficient (Wildman–Crippen LogP) is 3.49. The Morgan fingerprint density at radius 1 is 0.955 bits per heavy atom. The molecule has 1 atom stereocenters. The van der Waals surface area contributed by atoms with E-state index in [0.29, 0.717) is 21.5 Å². The Kier molecular flexibility index (Phi) is 8.33. The average Bonchev–Trinajstić information content (AvgIpc) is 3.52. The van der Waals surface area contributed by atoms with Crippen LogP contribution in [0.5, 0.6) is 11.5 Å². The fraction of sp³-hybridized carbons (Fsp3) is 0.333. The number of aryl methyl sites for hydroxylation is 1. The first-order valence-electron chi connectivity index (χ1n) is 12.5. The van der Waals surface area contributed by atoms with Gasteiger partial charge in [-0.1, -0.05) is 23.5 Å². The van der Waals surface area contributed by atoms with Gasteiger partial charge < -0.3 is 19.7 Å². The summed E-state index contributed by atoms with van der Waals surface area (Å²) in [5, 5.41) is 15.4. The summed E-state index contributed by atoms with van der Waals surface area (Å²) in [4.78, 5) is 15.3. The molecule has 1 N–H and O–H groups in total. The maximum atomic E-state index is 13.6. The average molecular weight is 666 g/mol. The number of ether oxygens (including phenoxy) is 2. The SMILES string of the molecule is Cc1nnc2sc(N3CCN(S(=O)(=O)c4ccc(OC(F)(F)F)cc4)[C@@H](C(=O)NCc4ccc(OC(F)(F)F)cc4)C3)nn12. The van der Waals surface area contributed by atoms with Crippen LogP contribution in [0.1, 0.15) is 11.4 Å². The lowest BCUT2D eigenvalue weighted by atomic mass is 10.2. The molecule has 0 aliphatic carbocycles. The van der Waals surface area contributed by atoms with Crippen LogP contribution in [-0.2, 0) is 21.4 Å². The Morgan fingerprint density at radius 2 is 1.55 bits per heavy atom. The largest absolute Gasteiger partial charge is 0.573 e. The molecule has 236 valence electrons. The second-order valence-corrected chi connectivity index (χ2v) is 12.2. The third-order valence-corrected chi connectivity index (χ3v) is 9.21. The summed E-state index contributed by atoms with van der Waals surface area (Å²) in [6.45, 7) is 1.31. The summed E-state index contributed by atoms with van der Waals surface area (Å²) < 4.78 is 112. The quantitative estimate of drug-likeness (QED) is 0.281. The van der Waals surface area contributed by atoms with Gasteiger partial charge in [-0.05, 0) is 48.9 Å². The van der Waals surface area contributed by atoms with Crippen LogP contribution in [-0.4, -0.2) is 76.8 Å². The number of piperazine rings is 1. The zero-order valence-electron chi connectivity index (χ0n) is 22.3. The zero-order valence-corrected chi connectivity index (χ0v) is 24.0. The molecule has 1 saturated heterocycles. The number of carbonyl (C=O) groups is 1. The maximum Gasteiger partial charge on any atom is 0.573 e. The summed E-state index contributed by atoms with van der Waals surface area (Å²) in [7, 11) is -4.41. The molecule has 0 saturated carbocycles. The fourth-order valence-electron chi connectivity index (χ4n) is 4.34. The monoisotopic (exact) mass is 665 g/mol. The number of hydrogen-bond donors (Lipinski definition) is 1. The Bertz CT molecular complexity index is 1740. The van der Waals surface area contributed by atoms with Crippen LogP contribution in [0.25, 0.3) is 4.96 Å². The molecule has 2 aromatic heterocycles. The van der Waals surface area contributed by atoms with Gasteiger partial charge in [-0.2, -0.15) is 8.82 Å². The molecule has 1 aliphatic rings. The highest BCUT2D eigenvalue weighted by Crippen LogP contribution is 2.30. The van der Waals surface area contributed by atoms with Gasteiger partial charge in [0, 0.05) is 26.2 Å². The van der Waals surface area contributed by atoms with Crippen LogP contribution >= 0.6 is 11.3 Å². The molecule has 0 radical (unpaired) electrons. The highest BCUT2D eigenvalue weighted by molar-refractivity contribution is 7.89. The number of amides is 1. The van der Waals surface area contributed by atoms with Crippen LogP contribution in [0.2, 0.25) is 0 Å². The number of aromatic nitrogens is 4. The summed E-state index contributed by atoms with van der Waals surface area (Å²) in [6.07, 6.45) is -9.85. The van der Waals surface area contributed by atoms with Crippen LogP contribution in [0.3, 0.4) is 0 Å². The fourth-order valence-corrected chi connectivity index (χ4v) is 6.83. The van der Waals surface area contributed by atoms with Crippen molar-refractivity contribution in [2.24, 2.45) is 0 Å². The van der Waals surface area contributed by atoms with E-state index in [-0.39, 0.29) is 31.1 Å². The van der Waals surface area contributed by atoms with Crippen LogP contribution in [0, 0.1) is 6.92 Å². The molecule has 2 aromatic carbocycles. The Morgan fingerprint density at radius 3 is 2.11 bits per heavy atom. The highest BCUT2D eigenvalue weighted by Gasteiger charge is 2.41. The number of benzene rings is 2. The molecule has 20 heteroatoms. The maximum absolute atomic E-state index is 13.6. The number of rotatable bonds is 8. The third-order valence-electron chi connectivity index (χ3n) is 6.33. The molecule has 0 bridgehead atoms. The number of alkyl halides is 6. The number of halogens is 6. The van der Waals surface area contributed by atoms with Crippen molar-refractivity contribution in [2.75, 3.05) is 24.5 Å². The Balaban J connectivity index is 1.37. The zero-order chi connectivity index (χ0) is 31.9. The number of carbonyl (C=O) groups excluding carboxylic acids is 1. The first-order valence-corrected chi connectivity index (χ1v) is 14.8. The van der Waals surface area contributed by atoms with E-state index >= 15 is 0 Å². The number of hydrogen-bond acceptors (Lipinski definition) is 10. The Hall–Kier alpha value is -4.17. The number of nitrogens with zero attached hydrogens (tertiary/aromatic N) is 6. The van der Waals surface area contributed by atoms with E-state index in [2.05, 4.69) is 30.1 Å². The lowest BCUT2D eigenvalue weighted by molar-refractivity contribution is -0.275. The second-order valence-electron chi connectivity index (χ2n) is 9.33. The summed E-state index contributed by atoms with van der Waals surface area (Å²) in [6, 6.07) is 6.97. The number of nitrogens with one attached hydrogen (secondary N) is 1. The standard InChI is InChI=1S/C24H21F6N7O5S2/c1-14-32-33-21-37(14)34-22(43-21)35-10-11-36(44(39,40)18-8-6-17(7-9-18)42-24(28,29)30)19(13-35)20(38)31-12-15-2-4-16(5-3-15)41-23(25,26)27/h2-9,19H,10-13H2,1H3,(H,31,38)/t19-/m1/s1. The van der Waals surface area contributed by atoms with Crippen LogP contribution in [0.15, 0.2) is 53.4 Å². The second kappa shape index (κ2) is 11.7. The minimum atomic E-state index is -4.97. The van der Waals surface area contributed by atoms with E-state index in [9.17, 15) is 39.6 Å².